The zero-order valence-electron chi connectivity index (χ0n) is 16.5. The van der Waals surface area contributed by atoms with Crippen LogP contribution in [0.2, 0.25) is 0 Å². The number of carboxylic acids is 1. The number of H-pyrrole nitrogens is 1. The average molecular weight is 410 g/mol. The second kappa shape index (κ2) is 9.69. The van der Waals surface area contributed by atoms with E-state index in [9.17, 15) is 19.1 Å². The van der Waals surface area contributed by atoms with Crippen LogP contribution in [0.1, 0.15) is 42.1 Å². The molecule has 3 aromatic rings. The highest BCUT2D eigenvalue weighted by atomic mass is 19.1. The monoisotopic (exact) mass is 410 g/mol. The lowest BCUT2D eigenvalue weighted by molar-refractivity contribution is 0.0697. The van der Waals surface area contributed by atoms with Gasteiger partial charge in [0, 0.05) is 29.2 Å². The number of aromatic amines is 1. The predicted octanol–water partition coefficient (Wildman–Crippen LogP) is 4.50. The van der Waals surface area contributed by atoms with Gasteiger partial charge in [-0.15, -0.1) is 0 Å². The molecular formula is C22H23FN4O3. The van der Waals surface area contributed by atoms with E-state index < -0.39 is 11.8 Å². The van der Waals surface area contributed by atoms with E-state index in [4.69, 9.17) is 0 Å². The Kier molecular flexibility index (Phi) is 6.79. The van der Waals surface area contributed by atoms with Crippen LogP contribution in [0, 0.1) is 5.82 Å². The first-order valence-corrected chi connectivity index (χ1v) is 9.71. The molecule has 8 heteroatoms. The third-order valence-electron chi connectivity index (χ3n) is 4.67. The smallest absolute Gasteiger partial charge is 0.336 e. The molecule has 0 aliphatic carbocycles. The van der Waals surface area contributed by atoms with Crippen LogP contribution in [-0.2, 0) is 0 Å². The fraction of sp³-hybridized carbons (Fsp3) is 0.227. The summed E-state index contributed by atoms with van der Waals surface area (Å²) in [7, 11) is 0. The number of rotatable bonds is 8. The topological polar surface area (TPSA) is 107 Å². The van der Waals surface area contributed by atoms with Crippen molar-refractivity contribution in [3.8, 4) is 11.1 Å². The summed E-state index contributed by atoms with van der Waals surface area (Å²) in [6.07, 6.45) is 6.27. The number of fused-ring (bicyclic) bond motifs is 1. The molecule has 0 radical (unpaired) electrons. The molecule has 0 bridgehead atoms. The van der Waals surface area contributed by atoms with Crippen molar-refractivity contribution in [2.24, 2.45) is 5.10 Å². The lowest BCUT2D eigenvalue weighted by Crippen LogP contribution is -2.32. The second-order valence-corrected chi connectivity index (χ2v) is 6.83. The van der Waals surface area contributed by atoms with Gasteiger partial charge in [0.15, 0.2) is 0 Å². The van der Waals surface area contributed by atoms with Crippen molar-refractivity contribution in [2.45, 2.75) is 26.2 Å². The van der Waals surface area contributed by atoms with Crippen molar-refractivity contribution in [1.82, 2.24) is 15.7 Å². The average Bonchev–Trinajstić information content (AvgIpc) is 3.13. The quantitative estimate of drug-likeness (QED) is 0.250. The molecule has 3 rings (SSSR count). The van der Waals surface area contributed by atoms with Gasteiger partial charge in [0.2, 0.25) is 0 Å². The van der Waals surface area contributed by atoms with Crippen LogP contribution in [0.25, 0.3) is 22.0 Å². The highest BCUT2D eigenvalue weighted by molar-refractivity contribution is 6.02. The maximum absolute atomic E-state index is 13.7. The van der Waals surface area contributed by atoms with Crippen molar-refractivity contribution in [3.63, 3.8) is 0 Å². The molecule has 30 heavy (non-hydrogen) atoms. The third-order valence-corrected chi connectivity index (χ3v) is 4.67. The fourth-order valence-corrected chi connectivity index (χ4v) is 3.14. The molecule has 4 N–H and O–H groups in total. The van der Waals surface area contributed by atoms with Crippen molar-refractivity contribution >= 4 is 29.1 Å². The van der Waals surface area contributed by atoms with E-state index in [0.717, 1.165) is 36.2 Å². The number of halogens is 1. The number of aromatic nitrogens is 1. The minimum atomic E-state index is -1.13. The Morgan fingerprint density at radius 1 is 1.20 bits per heavy atom. The van der Waals surface area contributed by atoms with Crippen LogP contribution in [-0.4, -0.2) is 34.9 Å². The van der Waals surface area contributed by atoms with E-state index in [0.29, 0.717) is 17.7 Å². The summed E-state index contributed by atoms with van der Waals surface area (Å²) < 4.78 is 13.7. The summed E-state index contributed by atoms with van der Waals surface area (Å²) in [5.74, 6) is -1.64. The summed E-state index contributed by atoms with van der Waals surface area (Å²) in [5, 5.41) is 16.9. The van der Waals surface area contributed by atoms with Gasteiger partial charge in [-0.1, -0.05) is 25.8 Å². The normalized spacial score (nSPS) is 11.1. The van der Waals surface area contributed by atoms with E-state index in [1.807, 2.05) is 0 Å². The summed E-state index contributed by atoms with van der Waals surface area (Å²) in [6, 6.07) is 8.47. The Morgan fingerprint density at radius 2 is 2.03 bits per heavy atom. The minimum Gasteiger partial charge on any atom is -0.478 e. The van der Waals surface area contributed by atoms with Gasteiger partial charge < -0.3 is 15.4 Å². The van der Waals surface area contributed by atoms with Gasteiger partial charge in [-0.2, -0.15) is 5.10 Å². The van der Waals surface area contributed by atoms with Gasteiger partial charge in [0.25, 0.3) is 0 Å². The summed E-state index contributed by atoms with van der Waals surface area (Å²) in [6.45, 7) is 2.68. The Morgan fingerprint density at radius 3 is 2.80 bits per heavy atom. The number of nitrogens with zero attached hydrogens (tertiary/aromatic N) is 1. The van der Waals surface area contributed by atoms with Crippen LogP contribution in [0.5, 0.6) is 0 Å². The van der Waals surface area contributed by atoms with Crippen molar-refractivity contribution < 1.29 is 19.1 Å². The minimum absolute atomic E-state index is 0.0166. The van der Waals surface area contributed by atoms with E-state index in [1.165, 1.54) is 18.3 Å². The number of carboxylic acid groups (broad SMARTS) is 1. The Balaban J connectivity index is 1.80. The van der Waals surface area contributed by atoms with Crippen LogP contribution in [0.15, 0.2) is 47.7 Å². The third kappa shape index (κ3) is 5.02. The van der Waals surface area contributed by atoms with Crippen LogP contribution in [0.4, 0.5) is 9.18 Å². The first kappa shape index (κ1) is 21.0. The van der Waals surface area contributed by atoms with Crippen molar-refractivity contribution in [2.75, 3.05) is 6.54 Å². The number of benzene rings is 2. The molecule has 0 unspecified atom stereocenters. The molecule has 1 aromatic heterocycles. The number of unbranched alkanes of at least 4 members (excludes halogenated alkanes) is 2. The maximum Gasteiger partial charge on any atom is 0.336 e. The Hall–Kier alpha value is -3.68. The van der Waals surface area contributed by atoms with Crippen molar-refractivity contribution in [3.05, 3.63) is 59.5 Å². The van der Waals surface area contributed by atoms with Gasteiger partial charge in [0.05, 0.1) is 11.8 Å². The first-order chi connectivity index (χ1) is 14.5. The highest BCUT2D eigenvalue weighted by Gasteiger charge is 2.14. The predicted molar refractivity (Wildman–Crippen MR) is 114 cm³/mol. The number of aromatic carboxylic acids is 1. The van der Waals surface area contributed by atoms with E-state index in [1.54, 1.807) is 24.4 Å². The van der Waals surface area contributed by atoms with Gasteiger partial charge in [-0.05, 0) is 47.9 Å². The van der Waals surface area contributed by atoms with Gasteiger partial charge >= 0.3 is 12.0 Å². The standard InChI is InChI=1S/C22H23FN4O3/c1-2-3-4-9-24-22(30)27-26-13-15-12-25-20-8-5-14(10-19(15)20)18-11-16(23)6-7-17(18)21(28)29/h5-8,10-13,25H,2-4,9H2,1H3,(H,28,29)(H2,24,27,30)/b26-13+. The van der Waals surface area contributed by atoms with Gasteiger partial charge in [-0.25, -0.2) is 19.4 Å². The SMILES string of the molecule is CCCCCNC(=O)N/N=C/c1c[nH]c2ccc(-c3cc(F)ccc3C(=O)O)cc12. The molecular weight excluding hydrogens is 387 g/mol. The summed E-state index contributed by atoms with van der Waals surface area (Å²) in [5.41, 5.74) is 4.79. The number of hydrogen-bond acceptors (Lipinski definition) is 3. The first-order valence-electron chi connectivity index (χ1n) is 9.71. The molecule has 0 fully saturated rings. The van der Waals surface area contributed by atoms with E-state index in [2.05, 4.69) is 27.8 Å². The Labute approximate surface area is 173 Å². The molecule has 156 valence electrons. The molecule has 7 nitrogen and oxygen atoms in total. The summed E-state index contributed by atoms with van der Waals surface area (Å²) in [4.78, 5) is 26.3. The fourth-order valence-electron chi connectivity index (χ4n) is 3.14. The zero-order chi connectivity index (χ0) is 21.5. The number of nitrogens with one attached hydrogen (secondary N) is 3. The molecule has 0 atom stereocenters. The number of carbonyl (C=O) groups is 2. The van der Waals surface area contributed by atoms with E-state index in [-0.39, 0.29) is 17.2 Å². The Bertz CT molecular complexity index is 1090. The molecule has 2 amide bonds. The largest absolute Gasteiger partial charge is 0.478 e. The lowest BCUT2D eigenvalue weighted by atomic mass is 9.98. The number of carbonyl (C=O) groups excluding carboxylic acids is 1. The number of urea groups is 1. The van der Waals surface area contributed by atoms with Crippen LogP contribution < -0.4 is 10.7 Å². The molecule has 0 saturated heterocycles. The molecule has 0 aliphatic rings. The molecule has 0 saturated carbocycles. The zero-order valence-corrected chi connectivity index (χ0v) is 16.5. The maximum atomic E-state index is 13.7. The number of hydrogen-bond donors (Lipinski definition) is 4. The molecule has 1 heterocycles. The van der Waals surface area contributed by atoms with Gasteiger partial charge in [0.1, 0.15) is 5.82 Å². The van der Waals surface area contributed by atoms with Gasteiger partial charge in [-0.3, -0.25) is 0 Å². The number of hydrazone groups is 1. The lowest BCUT2D eigenvalue weighted by Gasteiger charge is -2.07. The van der Waals surface area contributed by atoms with Crippen molar-refractivity contribution in [1.29, 1.82) is 0 Å². The van der Waals surface area contributed by atoms with E-state index >= 15 is 0 Å². The molecule has 2 aromatic carbocycles. The highest BCUT2D eigenvalue weighted by Crippen LogP contribution is 2.29. The van der Waals surface area contributed by atoms with Crippen LogP contribution in [0.3, 0.4) is 0 Å². The molecule has 0 spiro atoms. The van der Waals surface area contributed by atoms with Crippen LogP contribution >= 0.6 is 0 Å². The summed E-state index contributed by atoms with van der Waals surface area (Å²) >= 11 is 0. The molecule has 0 aliphatic heterocycles. The second-order valence-electron chi connectivity index (χ2n) is 6.83. The number of amides is 2.